The van der Waals surface area contributed by atoms with Crippen LogP contribution in [0.3, 0.4) is 0 Å². The molecule has 0 unspecified atom stereocenters. The number of aryl methyl sites for hydroxylation is 1. The van der Waals surface area contributed by atoms with Crippen LogP contribution in [0.25, 0.3) is 0 Å². The SMILES string of the molecule is Cc1cccc(O)c1CCC(=O)O. The summed E-state index contributed by atoms with van der Waals surface area (Å²) in [6.45, 7) is 1.86. The first kappa shape index (κ1) is 9.58. The van der Waals surface area contributed by atoms with E-state index >= 15 is 0 Å². The molecule has 0 amide bonds. The van der Waals surface area contributed by atoms with Crippen molar-refractivity contribution < 1.29 is 15.0 Å². The number of aromatic hydroxyl groups is 1. The first-order valence-electron chi connectivity index (χ1n) is 4.10. The van der Waals surface area contributed by atoms with Crippen LogP contribution in [-0.4, -0.2) is 16.2 Å². The van der Waals surface area contributed by atoms with Crippen LogP contribution in [0.5, 0.6) is 5.75 Å². The molecule has 3 nitrogen and oxygen atoms in total. The van der Waals surface area contributed by atoms with Gasteiger partial charge in [0.25, 0.3) is 0 Å². The third-order valence-electron chi connectivity index (χ3n) is 1.97. The number of hydrogen-bond donors (Lipinski definition) is 2. The maximum Gasteiger partial charge on any atom is 0.303 e. The lowest BCUT2D eigenvalue weighted by Crippen LogP contribution is -1.99. The summed E-state index contributed by atoms with van der Waals surface area (Å²) in [5.74, 6) is -0.663. The minimum Gasteiger partial charge on any atom is -0.508 e. The van der Waals surface area contributed by atoms with Crippen molar-refractivity contribution >= 4 is 5.97 Å². The van der Waals surface area contributed by atoms with Crippen LogP contribution in [-0.2, 0) is 11.2 Å². The summed E-state index contributed by atoms with van der Waals surface area (Å²) in [6.07, 6.45) is 0.437. The number of aliphatic carboxylic acids is 1. The average Bonchev–Trinajstić information content (AvgIpc) is 2.03. The van der Waals surface area contributed by atoms with Gasteiger partial charge in [0.1, 0.15) is 5.75 Å². The van der Waals surface area contributed by atoms with Gasteiger partial charge >= 0.3 is 5.97 Å². The fraction of sp³-hybridized carbons (Fsp3) is 0.300. The Labute approximate surface area is 76.6 Å². The number of carboxylic acid groups (broad SMARTS) is 1. The van der Waals surface area contributed by atoms with Crippen LogP contribution in [0.1, 0.15) is 17.5 Å². The van der Waals surface area contributed by atoms with Crippen LogP contribution in [0.15, 0.2) is 18.2 Å². The Hall–Kier alpha value is -1.51. The Balaban J connectivity index is 2.81. The van der Waals surface area contributed by atoms with E-state index < -0.39 is 5.97 Å². The van der Waals surface area contributed by atoms with Gasteiger partial charge in [0.15, 0.2) is 0 Å². The van der Waals surface area contributed by atoms with E-state index in [0.717, 1.165) is 11.1 Å². The molecule has 0 saturated heterocycles. The lowest BCUT2D eigenvalue weighted by molar-refractivity contribution is -0.136. The number of phenols is 1. The molecule has 1 aromatic rings. The highest BCUT2D eigenvalue weighted by atomic mass is 16.4. The second-order valence-corrected chi connectivity index (χ2v) is 2.97. The van der Waals surface area contributed by atoms with Gasteiger partial charge < -0.3 is 10.2 Å². The average molecular weight is 180 g/mol. The van der Waals surface area contributed by atoms with Crippen molar-refractivity contribution in [3.05, 3.63) is 29.3 Å². The summed E-state index contributed by atoms with van der Waals surface area (Å²) < 4.78 is 0. The van der Waals surface area contributed by atoms with E-state index in [1.54, 1.807) is 12.1 Å². The molecular weight excluding hydrogens is 168 g/mol. The summed E-state index contributed by atoms with van der Waals surface area (Å²) in [6, 6.07) is 5.18. The molecule has 13 heavy (non-hydrogen) atoms. The summed E-state index contributed by atoms with van der Waals surface area (Å²) in [5, 5.41) is 17.9. The van der Waals surface area contributed by atoms with E-state index in [-0.39, 0.29) is 12.2 Å². The van der Waals surface area contributed by atoms with Gasteiger partial charge in [-0.2, -0.15) is 0 Å². The molecule has 1 aromatic carbocycles. The van der Waals surface area contributed by atoms with Gasteiger partial charge in [-0.25, -0.2) is 0 Å². The molecule has 0 radical (unpaired) electrons. The summed E-state index contributed by atoms with van der Waals surface area (Å²) >= 11 is 0. The fourth-order valence-corrected chi connectivity index (χ4v) is 1.24. The Morgan fingerprint density at radius 1 is 1.46 bits per heavy atom. The number of hydrogen-bond acceptors (Lipinski definition) is 2. The lowest BCUT2D eigenvalue weighted by Gasteiger charge is -2.05. The summed E-state index contributed by atoms with van der Waals surface area (Å²) in [4.78, 5) is 10.3. The first-order chi connectivity index (χ1) is 6.11. The standard InChI is InChI=1S/C10H12O3/c1-7-3-2-4-9(11)8(7)5-6-10(12)13/h2-4,11H,5-6H2,1H3,(H,12,13). The fourth-order valence-electron chi connectivity index (χ4n) is 1.24. The second-order valence-electron chi connectivity index (χ2n) is 2.97. The van der Waals surface area contributed by atoms with Crippen LogP contribution in [0, 0.1) is 6.92 Å². The highest BCUT2D eigenvalue weighted by Gasteiger charge is 2.06. The lowest BCUT2D eigenvalue weighted by atomic mass is 10.0. The van der Waals surface area contributed by atoms with Crippen molar-refractivity contribution in [1.29, 1.82) is 0 Å². The zero-order chi connectivity index (χ0) is 9.84. The first-order valence-corrected chi connectivity index (χ1v) is 4.10. The predicted molar refractivity (Wildman–Crippen MR) is 48.8 cm³/mol. The van der Waals surface area contributed by atoms with E-state index in [1.165, 1.54) is 0 Å². The molecule has 0 aromatic heterocycles. The molecule has 1 rings (SSSR count). The van der Waals surface area contributed by atoms with E-state index in [4.69, 9.17) is 5.11 Å². The maximum absolute atomic E-state index is 10.3. The molecule has 0 bridgehead atoms. The Morgan fingerprint density at radius 3 is 2.69 bits per heavy atom. The second kappa shape index (κ2) is 3.94. The van der Waals surface area contributed by atoms with Crippen LogP contribution < -0.4 is 0 Å². The Bertz CT molecular complexity index is 298. The van der Waals surface area contributed by atoms with Gasteiger partial charge in [-0.1, -0.05) is 12.1 Å². The van der Waals surface area contributed by atoms with E-state index in [9.17, 15) is 9.90 Å². The minimum absolute atomic E-state index is 0.0540. The molecule has 0 atom stereocenters. The van der Waals surface area contributed by atoms with Crippen molar-refractivity contribution in [2.45, 2.75) is 19.8 Å². The quantitative estimate of drug-likeness (QED) is 0.744. The third kappa shape index (κ3) is 2.47. The molecule has 0 heterocycles. The van der Waals surface area contributed by atoms with Gasteiger partial charge in [-0.05, 0) is 30.5 Å². The predicted octanol–water partition coefficient (Wildman–Crippen LogP) is 1.72. The highest BCUT2D eigenvalue weighted by molar-refractivity contribution is 5.67. The molecule has 0 fully saturated rings. The summed E-state index contributed by atoms with van der Waals surface area (Å²) in [7, 11) is 0. The number of rotatable bonds is 3. The van der Waals surface area contributed by atoms with Crippen molar-refractivity contribution in [3.8, 4) is 5.75 Å². The smallest absolute Gasteiger partial charge is 0.303 e. The van der Waals surface area contributed by atoms with Gasteiger partial charge in [0.05, 0.1) is 0 Å². The number of phenolic OH excluding ortho intramolecular Hbond substituents is 1. The van der Waals surface area contributed by atoms with Gasteiger partial charge in [0.2, 0.25) is 0 Å². The van der Waals surface area contributed by atoms with E-state index in [0.29, 0.717) is 6.42 Å². The molecular formula is C10H12O3. The van der Waals surface area contributed by atoms with Crippen molar-refractivity contribution in [2.75, 3.05) is 0 Å². The molecule has 3 heteroatoms. The molecule has 0 aliphatic carbocycles. The molecule has 70 valence electrons. The molecule has 0 spiro atoms. The van der Waals surface area contributed by atoms with Crippen LogP contribution in [0.2, 0.25) is 0 Å². The number of carbonyl (C=O) groups is 1. The van der Waals surface area contributed by atoms with Gasteiger partial charge in [-0.15, -0.1) is 0 Å². The summed E-state index contributed by atoms with van der Waals surface area (Å²) in [5.41, 5.74) is 1.66. The molecule has 0 aliphatic heterocycles. The third-order valence-corrected chi connectivity index (χ3v) is 1.97. The molecule has 0 saturated carbocycles. The van der Waals surface area contributed by atoms with Crippen LogP contribution >= 0.6 is 0 Å². The Morgan fingerprint density at radius 2 is 2.15 bits per heavy atom. The monoisotopic (exact) mass is 180 g/mol. The number of carboxylic acids is 1. The van der Waals surface area contributed by atoms with Crippen molar-refractivity contribution in [2.24, 2.45) is 0 Å². The van der Waals surface area contributed by atoms with Gasteiger partial charge in [0, 0.05) is 6.42 Å². The largest absolute Gasteiger partial charge is 0.508 e. The molecule has 2 N–H and O–H groups in total. The van der Waals surface area contributed by atoms with Crippen LogP contribution in [0.4, 0.5) is 0 Å². The van der Waals surface area contributed by atoms with Crippen molar-refractivity contribution in [3.63, 3.8) is 0 Å². The zero-order valence-corrected chi connectivity index (χ0v) is 7.45. The number of benzene rings is 1. The zero-order valence-electron chi connectivity index (χ0n) is 7.45. The van der Waals surface area contributed by atoms with Crippen molar-refractivity contribution in [1.82, 2.24) is 0 Å². The van der Waals surface area contributed by atoms with E-state index in [1.807, 2.05) is 13.0 Å². The van der Waals surface area contributed by atoms with Gasteiger partial charge in [-0.3, -0.25) is 4.79 Å². The Kier molecular flexibility index (Phi) is 2.90. The minimum atomic E-state index is -0.845. The highest BCUT2D eigenvalue weighted by Crippen LogP contribution is 2.21. The van der Waals surface area contributed by atoms with E-state index in [2.05, 4.69) is 0 Å². The normalized spacial score (nSPS) is 9.92. The molecule has 0 aliphatic rings. The maximum atomic E-state index is 10.3. The topological polar surface area (TPSA) is 57.5 Å².